The molecule has 1 atom stereocenters. The third-order valence-corrected chi connectivity index (χ3v) is 4.34. The first kappa shape index (κ1) is 23.2. The summed E-state index contributed by atoms with van der Waals surface area (Å²) >= 11 is 0. The van der Waals surface area contributed by atoms with Crippen molar-refractivity contribution in [2.75, 3.05) is 6.61 Å². The minimum absolute atomic E-state index is 0.0923. The fourth-order valence-corrected chi connectivity index (χ4v) is 2.86. The Labute approximate surface area is 150 Å². The van der Waals surface area contributed by atoms with E-state index in [9.17, 15) is 4.79 Å². The maximum Gasteiger partial charge on any atom is 0.221 e. The van der Waals surface area contributed by atoms with Crippen molar-refractivity contribution in [2.45, 2.75) is 110 Å². The number of hydrogen-bond donors (Lipinski definition) is 1. The first-order valence-corrected chi connectivity index (χ1v) is 10.2. The van der Waals surface area contributed by atoms with Gasteiger partial charge in [0, 0.05) is 6.42 Å². The summed E-state index contributed by atoms with van der Waals surface area (Å²) in [5.41, 5.74) is 0. The number of amides is 1. The lowest BCUT2D eigenvalue weighted by atomic mass is 10.0. The second kappa shape index (κ2) is 18.5. The van der Waals surface area contributed by atoms with Crippen molar-refractivity contribution in [3.8, 4) is 0 Å². The Morgan fingerprint density at radius 3 is 1.83 bits per heavy atom. The van der Waals surface area contributed by atoms with E-state index in [4.69, 9.17) is 4.74 Å². The van der Waals surface area contributed by atoms with Gasteiger partial charge in [-0.15, -0.1) is 6.58 Å². The third-order valence-electron chi connectivity index (χ3n) is 4.34. The van der Waals surface area contributed by atoms with Gasteiger partial charge < -0.3 is 10.1 Å². The zero-order valence-electron chi connectivity index (χ0n) is 16.3. The summed E-state index contributed by atoms with van der Waals surface area (Å²) in [6, 6.07) is 0. The van der Waals surface area contributed by atoms with Crippen molar-refractivity contribution in [3.05, 3.63) is 12.7 Å². The van der Waals surface area contributed by atoms with Gasteiger partial charge in [0.25, 0.3) is 0 Å². The molecule has 0 bridgehead atoms. The molecular weight excluding hydrogens is 298 g/mol. The molecule has 0 spiro atoms. The lowest BCUT2D eigenvalue weighted by Gasteiger charge is -2.13. The van der Waals surface area contributed by atoms with Crippen molar-refractivity contribution in [1.82, 2.24) is 5.32 Å². The van der Waals surface area contributed by atoms with Crippen LogP contribution in [0.2, 0.25) is 0 Å². The van der Waals surface area contributed by atoms with Gasteiger partial charge in [-0.05, 0) is 13.3 Å². The van der Waals surface area contributed by atoms with E-state index >= 15 is 0 Å². The van der Waals surface area contributed by atoms with Crippen molar-refractivity contribution in [3.63, 3.8) is 0 Å². The van der Waals surface area contributed by atoms with Gasteiger partial charge in [-0.25, -0.2) is 0 Å². The molecule has 0 aliphatic carbocycles. The zero-order chi connectivity index (χ0) is 17.9. The molecule has 0 aliphatic heterocycles. The van der Waals surface area contributed by atoms with Crippen LogP contribution in [0.15, 0.2) is 12.7 Å². The first-order chi connectivity index (χ1) is 11.7. The maximum absolute atomic E-state index is 11.7. The highest BCUT2D eigenvalue weighted by atomic mass is 16.5. The van der Waals surface area contributed by atoms with Crippen LogP contribution in [0.3, 0.4) is 0 Å². The summed E-state index contributed by atoms with van der Waals surface area (Å²) < 4.78 is 5.33. The largest absolute Gasteiger partial charge is 0.355 e. The molecule has 1 unspecified atom stereocenters. The van der Waals surface area contributed by atoms with Gasteiger partial charge in [0.1, 0.15) is 6.23 Å². The molecule has 0 aromatic heterocycles. The Hall–Kier alpha value is -0.830. The molecule has 0 aromatic rings. The molecule has 3 heteroatoms. The standard InChI is InChI=1S/C21H41NO2/c1-4-6-7-8-9-10-11-12-13-14-15-16-17-18-21(23)22-20(3)24-19-5-2/h5,20H,2,4,6-19H2,1,3H3,(H,22,23). The van der Waals surface area contributed by atoms with Crippen molar-refractivity contribution in [2.24, 2.45) is 0 Å². The van der Waals surface area contributed by atoms with Crippen LogP contribution in [-0.2, 0) is 9.53 Å². The lowest BCUT2D eigenvalue weighted by Crippen LogP contribution is -2.34. The van der Waals surface area contributed by atoms with E-state index in [0.717, 1.165) is 12.8 Å². The highest BCUT2D eigenvalue weighted by Crippen LogP contribution is 2.12. The Kier molecular flexibility index (Phi) is 17.9. The first-order valence-electron chi connectivity index (χ1n) is 10.2. The number of carbonyl (C=O) groups is 1. The van der Waals surface area contributed by atoms with Gasteiger partial charge in [-0.2, -0.15) is 0 Å². The van der Waals surface area contributed by atoms with E-state index in [1.807, 2.05) is 6.92 Å². The van der Waals surface area contributed by atoms with Gasteiger partial charge in [0.15, 0.2) is 0 Å². The Balaban J connectivity index is 3.21. The van der Waals surface area contributed by atoms with Crippen LogP contribution in [0.4, 0.5) is 0 Å². The molecule has 0 heterocycles. The summed E-state index contributed by atoms with van der Waals surface area (Å²) in [6.07, 6.45) is 19.3. The average Bonchev–Trinajstić information content (AvgIpc) is 2.57. The number of carbonyl (C=O) groups excluding carboxylic acids is 1. The van der Waals surface area contributed by atoms with Crippen LogP contribution in [0, 0.1) is 0 Å². The van der Waals surface area contributed by atoms with Crippen LogP contribution in [-0.4, -0.2) is 18.7 Å². The van der Waals surface area contributed by atoms with Crippen molar-refractivity contribution in [1.29, 1.82) is 0 Å². The second-order valence-electron chi connectivity index (χ2n) is 6.82. The average molecular weight is 340 g/mol. The minimum Gasteiger partial charge on any atom is -0.355 e. The molecular formula is C21H41NO2. The molecule has 24 heavy (non-hydrogen) atoms. The molecule has 0 saturated carbocycles. The molecule has 0 saturated heterocycles. The van der Waals surface area contributed by atoms with Gasteiger partial charge >= 0.3 is 0 Å². The van der Waals surface area contributed by atoms with Gasteiger partial charge in [-0.3, -0.25) is 4.79 Å². The quantitative estimate of drug-likeness (QED) is 0.185. The fourth-order valence-electron chi connectivity index (χ4n) is 2.86. The van der Waals surface area contributed by atoms with Crippen molar-refractivity contribution >= 4 is 5.91 Å². The number of rotatable bonds is 18. The Bertz CT molecular complexity index is 292. The summed E-state index contributed by atoms with van der Waals surface area (Å²) in [5.74, 6) is 0.0923. The van der Waals surface area contributed by atoms with E-state index < -0.39 is 0 Å². The van der Waals surface area contributed by atoms with E-state index in [0.29, 0.717) is 13.0 Å². The summed E-state index contributed by atoms with van der Waals surface area (Å²) in [4.78, 5) is 11.7. The summed E-state index contributed by atoms with van der Waals surface area (Å²) in [7, 11) is 0. The molecule has 1 amide bonds. The topological polar surface area (TPSA) is 38.3 Å². The van der Waals surface area contributed by atoms with Crippen LogP contribution < -0.4 is 5.32 Å². The fraction of sp³-hybridized carbons (Fsp3) is 0.857. The molecule has 0 rings (SSSR count). The molecule has 0 aliphatic rings. The van der Waals surface area contributed by atoms with E-state index in [-0.39, 0.29) is 12.1 Å². The molecule has 1 N–H and O–H groups in total. The van der Waals surface area contributed by atoms with Gasteiger partial charge in [0.05, 0.1) is 6.61 Å². The summed E-state index contributed by atoms with van der Waals surface area (Å²) in [5, 5.41) is 2.85. The second-order valence-corrected chi connectivity index (χ2v) is 6.82. The third kappa shape index (κ3) is 17.5. The normalized spacial score (nSPS) is 12.1. The summed E-state index contributed by atoms with van der Waals surface area (Å²) in [6.45, 7) is 8.18. The molecule has 0 fully saturated rings. The van der Waals surface area contributed by atoms with E-state index in [1.165, 1.54) is 70.6 Å². The maximum atomic E-state index is 11.7. The smallest absolute Gasteiger partial charge is 0.221 e. The SMILES string of the molecule is C=CCOC(C)NC(=O)CCCCCCCCCCCCCCC. The van der Waals surface area contributed by atoms with Crippen molar-refractivity contribution < 1.29 is 9.53 Å². The Morgan fingerprint density at radius 2 is 1.38 bits per heavy atom. The number of hydrogen-bond acceptors (Lipinski definition) is 2. The van der Waals surface area contributed by atoms with Crippen LogP contribution in [0.25, 0.3) is 0 Å². The minimum atomic E-state index is -0.225. The molecule has 0 aromatic carbocycles. The number of unbranched alkanes of at least 4 members (excludes halogenated alkanes) is 12. The molecule has 0 radical (unpaired) electrons. The van der Waals surface area contributed by atoms with Gasteiger partial charge in [0.2, 0.25) is 5.91 Å². The lowest BCUT2D eigenvalue weighted by molar-refractivity contribution is -0.124. The van der Waals surface area contributed by atoms with E-state index in [2.05, 4.69) is 18.8 Å². The highest BCUT2D eigenvalue weighted by molar-refractivity contribution is 5.75. The predicted molar refractivity (Wildman–Crippen MR) is 104 cm³/mol. The van der Waals surface area contributed by atoms with Crippen LogP contribution >= 0.6 is 0 Å². The Morgan fingerprint density at radius 1 is 0.917 bits per heavy atom. The van der Waals surface area contributed by atoms with Gasteiger partial charge in [-0.1, -0.05) is 90.0 Å². The number of ether oxygens (including phenoxy) is 1. The predicted octanol–water partition coefficient (Wildman–Crippen LogP) is 6.13. The van der Waals surface area contributed by atoms with Crippen LogP contribution in [0.1, 0.15) is 104 Å². The zero-order valence-corrected chi connectivity index (χ0v) is 16.3. The highest BCUT2D eigenvalue weighted by Gasteiger charge is 2.06. The molecule has 3 nitrogen and oxygen atoms in total. The van der Waals surface area contributed by atoms with E-state index in [1.54, 1.807) is 6.08 Å². The van der Waals surface area contributed by atoms with Crippen LogP contribution in [0.5, 0.6) is 0 Å². The number of nitrogens with one attached hydrogen (secondary N) is 1. The monoisotopic (exact) mass is 339 g/mol. The molecule has 142 valence electrons.